The molecule has 17 heavy (non-hydrogen) atoms. The summed E-state index contributed by atoms with van der Waals surface area (Å²) in [5.74, 6) is 0. The van der Waals surface area contributed by atoms with E-state index < -0.39 is 0 Å². The quantitative estimate of drug-likeness (QED) is 0.761. The first-order chi connectivity index (χ1) is 8.26. The largest absolute Gasteiger partial charge is 0.298 e. The van der Waals surface area contributed by atoms with Gasteiger partial charge >= 0.3 is 0 Å². The number of carbonyl (C=O) groups excluding carboxylic acids is 1. The second-order valence-corrected chi connectivity index (χ2v) is 4.78. The molecule has 0 radical (unpaired) electrons. The lowest BCUT2D eigenvalue weighted by molar-refractivity contribution is 0.112. The second kappa shape index (κ2) is 5.28. The Hall–Kier alpha value is -1.41. The van der Waals surface area contributed by atoms with Gasteiger partial charge in [0, 0.05) is 10.0 Å². The Bertz CT molecular complexity index is 546. The Morgan fingerprint density at radius 1 is 1.12 bits per heavy atom. The van der Waals surface area contributed by atoms with E-state index in [4.69, 9.17) is 0 Å². The van der Waals surface area contributed by atoms with Gasteiger partial charge in [-0.1, -0.05) is 53.2 Å². The molecule has 2 aromatic rings. The Kier molecular flexibility index (Phi) is 3.75. The fourth-order valence-corrected chi connectivity index (χ4v) is 2.37. The Labute approximate surface area is 110 Å². The first kappa shape index (κ1) is 12.1. The van der Waals surface area contributed by atoms with Gasteiger partial charge in [-0.25, -0.2) is 0 Å². The molecule has 2 heteroatoms. The van der Waals surface area contributed by atoms with E-state index in [2.05, 4.69) is 35.0 Å². The smallest absolute Gasteiger partial charge is 0.150 e. The summed E-state index contributed by atoms with van der Waals surface area (Å²) >= 11 is 3.48. The van der Waals surface area contributed by atoms with Gasteiger partial charge in [-0.15, -0.1) is 0 Å². The molecule has 2 rings (SSSR count). The fourth-order valence-electron chi connectivity index (χ4n) is 1.96. The Morgan fingerprint density at radius 2 is 1.88 bits per heavy atom. The third-order valence-corrected chi connectivity index (χ3v) is 3.32. The molecular formula is C15H13BrO. The molecule has 2 aromatic carbocycles. The molecule has 0 N–H and O–H groups in total. The van der Waals surface area contributed by atoms with Crippen LogP contribution >= 0.6 is 15.9 Å². The summed E-state index contributed by atoms with van der Waals surface area (Å²) in [6.45, 7) is 2.12. The van der Waals surface area contributed by atoms with E-state index in [1.54, 1.807) is 0 Å². The lowest BCUT2D eigenvalue weighted by Crippen LogP contribution is -1.92. The summed E-state index contributed by atoms with van der Waals surface area (Å²) in [4.78, 5) is 11.1. The highest BCUT2D eigenvalue weighted by Crippen LogP contribution is 2.29. The maximum absolute atomic E-state index is 11.1. The molecule has 0 saturated heterocycles. The minimum Gasteiger partial charge on any atom is -0.298 e. The van der Waals surface area contributed by atoms with E-state index in [0.29, 0.717) is 0 Å². The number of aryl methyl sites for hydroxylation is 1. The standard InChI is InChI=1S/C15H13BrO/c1-2-11-9-13(16)7-8-15(11)14-6-4-3-5-12(14)10-17/h3-10H,2H2,1H3. The van der Waals surface area contributed by atoms with Crippen LogP contribution in [0.25, 0.3) is 11.1 Å². The molecule has 0 fully saturated rings. The Morgan fingerprint density at radius 3 is 2.59 bits per heavy atom. The summed E-state index contributed by atoms with van der Waals surface area (Å²) in [7, 11) is 0. The van der Waals surface area contributed by atoms with Crippen LogP contribution in [0, 0.1) is 0 Å². The van der Waals surface area contributed by atoms with Crippen LogP contribution in [-0.4, -0.2) is 6.29 Å². The molecule has 0 amide bonds. The SMILES string of the molecule is CCc1cc(Br)ccc1-c1ccccc1C=O. The van der Waals surface area contributed by atoms with Crippen molar-refractivity contribution >= 4 is 22.2 Å². The predicted molar refractivity (Wildman–Crippen MR) is 74.3 cm³/mol. The normalized spacial score (nSPS) is 10.2. The van der Waals surface area contributed by atoms with Crippen LogP contribution in [0.3, 0.4) is 0 Å². The molecule has 0 aliphatic heterocycles. The zero-order chi connectivity index (χ0) is 12.3. The van der Waals surface area contributed by atoms with Crippen LogP contribution in [-0.2, 0) is 6.42 Å². The first-order valence-corrected chi connectivity index (χ1v) is 6.38. The third kappa shape index (κ3) is 2.47. The van der Waals surface area contributed by atoms with Crippen molar-refractivity contribution in [3.63, 3.8) is 0 Å². The Balaban J connectivity index is 2.63. The van der Waals surface area contributed by atoms with E-state index in [0.717, 1.165) is 33.9 Å². The van der Waals surface area contributed by atoms with Gasteiger partial charge in [0.2, 0.25) is 0 Å². The molecular weight excluding hydrogens is 276 g/mol. The number of rotatable bonds is 3. The van der Waals surface area contributed by atoms with Gasteiger partial charge in [-0.2, -0.15) is 0 Å². The zero-order valence-corrected chi connectivity index (χ0v) is 11.2. The number of carbonyl (C=O) groups is 1. The molecule has 0 bridgehead atoms. The second-order valence-electron chi connectivity index (χ2n) is 3.86. The van der Waals surface area contributed by atoms with Gasteiger partial charge in [-0.3, -0.25) is 4.79 Å². The van der Waals surface area contributed by atoms with E-state index >= 15 is 0 Å². The number of benzene rings is 2. The summed E-state index contributed by atoms with van der Waals surface area (Å²) in [6.07, 6.45) is 1.86. The van der Waals surface area contributed by atoms with Gasteiger partial charge in [0.05, 0.1) is 0 Å². The molecule has 0 aliphatic carbocycles. The van der Waals surface area contributed by atoms with Crippen molar-refractivity contribution in [1.82, 2.24) is 0 Å². The van der Waals surface area contributed by atoms with Crippen LogP contribution in [0.15, 0.2) is 46.9 Å². The van der Waals surface area contributed by atoms with Crippen molar-refractivity contribution in [3.8, 4) is 11.1 Å². The molecule has 0 atom stereocenters. The summed E-state index contributed by atoms with van der Waals surface area (Å²) in [5, 5.41) is 0. The average molecular weight is 289 g/mol. The third-order valence-electron chi connectivity index (χ3n) is 2.83. The summed E-state index contributed by atoms with van der Waals surface area (Å²) < 4.78 is 1.07. The zero-order valence-electron chi connectivity index (χ0n) is 9.61. The van der Waals surface area contributed by atoms with Crippen molar-refractivity contribution in [2.24, 2.45) is 0 Å². The monoisotopic (exact) mass is 288 g/mol. The molecule has 0 heterocycles. The highest BCUT2D eigenvalue weighted by atomic mass is 79.9. The van der Waals surface area contributed by atoms with E-state index in [-0.39, 0.29) is 0 Å². The molecule has 86 valence electrons. The summed E-state index contributed by atoms with van der Waals surface area (Å²) in [6, 6.07) is 13.9. The van der Waals surface area contributed by atoms with Crippen LogP contribution in [0.2, 0.25) is 0 Å². The molecule has 0 saturated carbocycles. The lowest BCUT2D eigenvalue weighted by Gasteiger charge is -2.10. The highest BCUT2D eigenvalue weighted by molar-refractivity contribution is 9.10. The number of hydrogen-bond donors (Lipinski definition) is 0. The van der Waals surface area contributed by atoms with Crippen molar-refractivity contribution in [3.05, 3.63) is 58.1 Å². The van der Waals surface area contributed by atoms with Gasteiger partial charge in [0.1, 0.15) is 0 Å². The maximum atomic E-state index is 11.1. The molecule has 0 unspecified atom stereocenters. The topological polar surface area (TPSA) is 17.1 Å². The number of hydrogen-bond acceptors (Lipinski definition) is 1. The van der Waals surface area contributed by atoms with Gasteiger partial charge in [0.25, 0.3) is 0 Å². The molecule has 0 spiro atoms. The van der Waals surface area contributed by atoms with Gasteiger partial charge < -0.3 is 0 Å². The van der Waals surface area contributed by atoms with Crippen molar-refractivity contribution in [1.29, 1.82) is 0 Å². The average Bonchev–Trinajstić information content (AvgIpc) is 2.38. The molecule has 0 aliphatic rings. The van der Waals surface area contributed by atoms with Crippen LogP contribution in [0.1, 0.15) is 22.8 Å². The maximum Gasteiger partial charge on any atom is 0.150 e. The van der Waals surface area contributed by atoms with E-state index in [9.17, 15) is 4.79 Å². The first-order valence-electron chi connectivity index (χ1n) is 5.59. The minimum atomic E-state index is 0.740. The highest BCUT2D eigenvalue weighted by Gasteiger charge is 2.08. The van der Waals surface area contributed by atoms with E-state index in [1.807, 2.05) is 30.3 Å². The van der Waals surface area contributed by atoms with Crippen LogP contribution in [0.5, 0.6) is 0 Å². The molecule has 1 nitrogen and oxygen atoms in total. The van der Waals surface area contributed by atoms with Crippen LogP contribution < -0.4 is 0 Å². The van der Waals surface area contributed by atoms with Crippen molar-refractivity contribution in [2.45, 2.75) is 13.3 Å². The van der Waals surface area contributed by atoms with Gasteiger partial charge in [-0.05, 0) is 35.2 Å². The van der Waals surface area contributed by atoms with Crippen molar-refractivity contribution in [2.75, 3.05) is 0 Å². The van der Waals surface area contributed by atoms with Gasteiger partial charge in [0.15, 0.2) is 6.29 Å². The van der Waals surface area contributed by atoms with Crippen molar-refractivity contribution < 1.29 is 4.79 Å². The minimum absolute atomic E-state index is 0.740. The predicted octanol–water partition coefficient (Wildman–Crippen LogP) is 4.49. The lowest BCUT2D eigenvalue weighted by atomic mass is 9.95. The summed E-state index contributed by atoms with van der Waals surface area (Å²) in [5.41, 5.74) is 4.13. The number of aldehydes is 1. The fraction of sp³-hybridized carbons (Fsp3) is 0.133. The molecule has 0 aromatic heterocycles. The number of halogens is 1. The van der Waals surface area contributed by atoms with Crippen LogP contribution in [0.4, 0.5) is 0 Å². The van der Waals surface area contributed by atoms with E-state index in [1.165, 1.54) is 5.56 Å².